The molecule has 1 rings (SSSR count). The summed E-state index contributed by atoms with van der Waals surface area (Å²) < 4.78 is 0.433. The molecule has 0 atom stereocenters. The monoisotopic (exact) mass is 317 g/mol. The summed E-state index contributed by atoms with van der Waals surface area (Å²) in [6, 6.07) is 2.62. The van der Waals surface area contributed by atoms with Crippen molar-refractivity contribution in [1.82, 2.24) is 4.98 Å². The molecular formula is C8H7BrNO2Y+2. The van der Waals surface area contributed by atoms with Crippen molar-refractivity contribution in [2.75, 3.05) is 0 Å². The van der Waals surface area contributed by atoms with E-state index in [4.69, 9.17) is 5.11 Å². The Morgan fingerprint density at radius 3 is 2.54 bits per heavy atom. The van der Waals surface area contributed by atoms with E-state index < -0.39 is 5.97 Å². The minimum absolute atomic E-state index is 0. The second-order valence-corrected chi connectivity index (χ2v) is 3.17. The number of aromatic carboxylic acids is 1. The predicted octanol–water partition coefficient (Wildman–Crippen LogP) is 1.96. The van der Waals surface area contributed by atoms with E-state index >= 15 is 0 Å². The maximum atomic E-state index is 10.6. The molecule has 0 aliphatic heterocycles. The molecule has 0 spiro atoms. The van der Waals surface area contributed by atoms with Gasteiger partial charge in [0.2, 0.25) is 5.97 Å². The van der Waals surface area contributed by atoms with Crippen LogP contribution >= 0.6 is 15.9 Å². The van der Waals surface area contributed by atoms with Crippen molar-refractivity contribution in [3.63, 3.8) is 0 Å². The van der Waals surface area contributed by atoms with Gasteiger partial charge in [0.25, 0.3) is 0 Å². The number of pyridine rings is 1. The standard InChI is InChI=1S/C8H7BrNO2.Y/c1-4-5(2)10-7(9)3-6(4)8(11)12;/h1-2H3,(H,11,12);/q-1;+3. The first-order valence-corrected chi connectivity index (χ1v) is 4.11. The van der Waals surface area contributed by atoms with Gasteiger partial charge in [0.1, 0.15) is 0 Å². The third-order valence-electron chi connectivity index (χ3n) is 1.63. The van der Waals surface area contributed by atoms with Crippen LogP contribution < -0.4 is 0 Å². The van der Waals surface area contributed by atoms with Crippen LogP contribution in [0.1, 0.15) is 21.6 Å². The summed E-state index contributed by atoms with van der Waals surface area (Å²) in [6.45, 7) is 3.48. The minimum Gasteiger partial charge on any atom is -0.535 e. The molecule has 1 N–H and O–H groups in total. The van der Waals surface area contributed by atoms with Crippen LogP contribution in [0.4, 0.5) is 0 Å². The average Bonchev–Trinajstić information content (AvgIpc) is 1.96. The van der Waals surface area contributed by atoms with Crippen LogP contribution in [0.25, 0.3) is 0 Å². The normalized spacial score (nSPS) is 9.15. The van der Waals surface area contributed by atoms with Crippen LogP contribution in [0.3, 0.4) is 0 Å². The molecule has 0 saturated carbocycles. The van der Waals surface area contributed by atoms with E-state index in [1.54, 1.807) is 13.8 Å². The van der Waals surface area contributed by atoms with Gasteiger partial charge in [0.15, 0.2) is 0 Å². The van der Waals surface area contributed by atoms with Crippen LogP contribution in [-0.4, -0.2) is 16.1 Å². The number of halogens is 1. The third-order valence-corrected chi connectivity index (χ3v) is 2.00. The number of carboxylic acid groups (broad SMARTS) is 1. The number of aromatic nitrogens is 1. The van der Waals surface area contributed by atoms with E-state index in [1.807, 2.05) is 0 Å². The number of carboxylic acids is 1. The van der Waals surface area contributed by atoms with E-state index in [1.165, 1.54) is 0 Å². The van der Waals surface area contributed by atoms with Crippen LogP contribution in [-0.2, 0) is 32.7 Å². The van der Waals surface area contributed by atoms with Gasteiger partial charge in [-0.2, -0.15) is 0 Å². The molecule has 1 aromatic rings. The first-order valence-electron chi connectivity index (χ1n) is 3.31. The molecule has 1 aromatic heterocycles. The molecule has 0 fully saturated rings. The first-order chi connectivity index (χ1) is 5.52. The predicted molar refractivity (Wildman–Crippen MR) is 47.2 cm³/mol. The fourth-order valence-corrected chi connectivity index (χ4v) is 1.31. The first kappa shape index (κ1) is 13.2. The van der Waals surface area contributed by atoms with E-state index in [0.29, 0.717) is 15.9 Å². The van der Waals surface area contributed by atoms with Crippen molar-refractivity contribution in [1.29, 1.82) is 0 Å². The molecule has 0 radical (unpaired) electrons. The van der Waals surface area contributed by atoms with Crippen LogP contribution in [0, 0.1) is 19.9 Å². The van der Waals surface area contributed by atoms with Crippen molar-refractivity contribution in [3.8, 4) is 0 Å². The summed E-state index contributed by atoms with van der Waals surface area (Å²) in [5, 5.41) is 8.73. The molecule has 5 heteroatoms. The van der Waals surface area contributed by atoms with Crippen LogP contribution in [0.2, 0.25) is 0 Å². The zero-order valence-corrected chi connectivity index (χ0v) is 11.7. The molecular weight excluding hydrogens is 311 g/mol. The van der Waals surface area contributed by atoms with Gasteiger partial charge in [-0.05, 0) is 28.5 Å². The molecule has 64 valence electrons. The number of hydrogen-bond donors (Lipinski definition) is 1. The van der Waals surface area contributed by atoms with Crippen LogP contribution in [0.15, 0.2) is 4.60 Å². The molecule has 0 amide bonds. The molecule has 0 unspecified atom stereocenters. The Morgan fingerprint density at radius 2 is 2.08 bits per heavy atom. The molecule has 0 saturated heterocycles. The van der Waals surface area contributed by atoms with Gasteiger partial charge in [0.05, 0.1) is 0 Å². The fourth-order valence-electron chi connectivity index (χ4n) is 0.851. The summed E-state index contributed by atoms with van der Waals surface area (Å²) in [5.74, 6) is -0.973. The van der Waals surface area contributed by atoms with Gasteiger partial charge in [-0.1, -0.05) is 6.92 Å². The zero-order valence-electron chi connectivity index (χ0n) is 7.26. The van der Waals surface area contributed by atoms with Crippen molar-refractivity contribution in [2.45, 2.75) is 13.8 Å². The van der Waals surface area contributed by atoms with Gasteiger partial charge in [0, 0.05) is 4.60 Å². The topological polar surface area (TPSA) is 50.2 Å². The second-order valence-electron chi connectivity index (χ2n) is 2.42. The smallest absolute Gasteiger partial charge is 0.535 e. The summed E-state index contributed by atoms with van der Waals surface area (Å²) in [4.78, 5) is 14.7. The summed E-state index contributed by atoms with van der Waals surface area (Å²) in [5.41, 5.74) is 1.54. The van der Waals surface area contributed by atoms with E-state index in [-0.39, 0.29) is 38.3 Å². The molecule has 0 aliphatic rings. The average molecular weight is 318 g/mol. The van der Waals surface area contributed by atoms with Gasteiger partial charge in [-0.15, -0.1) is 17.2 Å². The maximum Gasteiger partial charge on any atom is 3.00 e. The van der Waals surface area contributed by atoms with Gasteiger partial charge in [-0.25, -0.2) is 0 Å². The Balaban J connectivity index is 0.00000144. The SMILES string of the molecule is Cc1nc(Br)[c-]c(C(=O)O)c1C.[Y+3]. The minimum atomic E-state index is -0.973. The molecule has 3 nitrogen and oxygen atoms in total. The van der Waals surface area contributed by atoms with E-state index in [0.717, 1.165) is 0 Å². The van der Waals surface area contributed by atoms with E-state index in [9.17, 15) is 4.79 Å². The summed E-state index contributed by atoms with van der Waals surface area (Å²) in [7, 11) is 0. The zero-order chi connectivity index (χ0) is 9.30. The Bertz CT molecular complexity index is 341. The number of rotatable bonds is 1. The molecule has 0 aromatic carbocycles. The summed E-state index contributed by atoms with van der Waals surface area (Å²) >= 11 is 3.09. The quantitative estimate of drug-likeness (QED) is 0.636. The van der Waals surface area contributed by atoms with Crippen molar-refractivity contribution >= 4 is 21.9 Å². The maximum absolute atomic E-state index is 10.6. The van der Waals surface area contributed by atoms with Crippen molar-refractivity contribution in [2.24, 2.45) is 0 Å². The van der Waals surface area contributed by atoms with Gasteiger partial charge < -0.3 is 9.90 Å². The van der Waals surface area contributed by atoms with Crippen LogP contribution in [0.5, 0.6) is 0 Å². The number of aryl methyl sites for hydroxylation is 1. The Labute approximate surface area is 110 Å². The Hall–Kier alpha value is 0.204. The fraction of sp³-hybridized carbons (Fsp3) is 0.250. The number of hydrogen-bond acceptors (Lipinski definition) is 2. The number of nitrogens with zero attached hydrogens (tertiary/aromatic N) is 1. The van der Waals surface area contributed by atoms with Gasteiger partial charge >= 0.3 is 32.7 Å². The Kier molecular flexibility index (Phi) is 5.26. The Morgan fingerprint density at radius 1 is 1.54 bits per heavy atom. The van der Waals surface area contributed by atoms with E-state index in [2.05, 4.69) is 27.0 Å². The van der Waals surface area contributed by atoms with Crippen molar-refractivity contribution < 1.29 is 42.6 Å². The third kappa shape index (κ3) is 3.11. The largest absolute Gasteiger partial charge is 3.00 e. The summed E-state index contributed by atoms with van der Waals surface area (Å²) in [6.07, 6.45) is 0. The van der Waals surface area contributed by atoms with Gasteiger partial charge in [-0.3, -0.25) is 4.98 Å². The molecule has 1 heterocycles. The molecule has 0 bridgehead atoms. The molecule has 13 heavy (non-hydrogen) atoms. The number of carbonyl (C=O) groups is 1. The van der Waals surface area contributed by atoms with Crippen molar-refractivity contribution in [3.05, 3.63) is 27.5 Å². The molecule has 0 aliphatic carbocycles. The second kappa shape index (κ2) is 5.18.